The van der Waals surface area contributed by atoms with Crippen LogP contribution in [0.2, 0.25) is 0 Å². The number of ether oxygens (including phenoxy) is 1. The van der Waals surface area contributed by atoms with Crippen molar-refractivity contribution in [2.24, 2.45) is 5.92 Å². The molecule has 2 fully saturated rings. The second kappa shape index (κ2) is 4.19. The first-order valence-electron chi connectivity index (χ1n) is 6.09. The molecular weight excluding hydrogens is 174 g/mol. The molecular formula is C12H23NO. The second-order valence-electron chi connectivity index (χ2n) is 5.19. The van der Waals surface area contributed by atoms with Gasteiger partial charge in [-0.3, -0.25) is 0 Å². The molecule has 0 spiro atoms. The van der Waals surface area contributed by atoms with Gasteiger partial charge in [0.1, 0.15) is 0 Å². The number of rotatable bonds is 4. The number of hydrogen-bond acceptors (Lipinski definition) is 2. The fourth-order valence-electron chi connectivity index (χ4n) is 2.67. The van der Waals surface area contributed by atoms with Crippen LogP contribution in [0, 0.1) is 5.92 Å². The van der Waals surface area contributed by atoms with Crippen LogP contribution in [-0.2, 0) is 4.74 Å². The Balaban J connectivity index is 1.83. The molecule has 1 aliphatic carbocycles. The van der Waals surface area contributed by atoms with Crippen molar-refractivity contribution in [1.82, 2.24) is 5.32 Å². The van der Waals surface area contributed by atoms with Gasteiger partial charge < -0.3 is 10.1 Å². The Morgan fingerprint density at radius 1 is 1.36 bits per heavy atom. The highest BCUT2D eigenvalue weighted by Gasteiger charge is 2.38. The van der Waals surface area contributed by atoms with Crippen molar-refractivity contribution in [3.8, 4) is 0 Å². The Hall–Kier alpha value is -0.0800. The predicted octanol–water partition coefficient (Wildman–Crippen LogP) is 2.33. The lowest BCUT2D eigenvalue weighted by atomic mass is 9.87. The largest absolute Gasteiger partial charge is 0.375 e. The zero-order chi connectivity index (χ0) is 10.0. The lowest BCUT2D eigenvalue weighted by Gasteiger charge is -2.39. The van der Waals surface area contributed by atoms with Gasteiger partial charge >= 0.3 is 0 Å². The molecule has 2 heteroatoms. The third-order valence-corrected chi connectivity index (χ3v) is 3.51. The highest BCUT2D eigenvalue weighted by molar-refractivity contribution is 4.91. The van der Waals surface area contributed by atoms with Gasteiger partial charge in [0.2, 0.25) is 0 Å². The van der Waals surface area contributed by atoms with Crippen molar-refractivity contribution in [1.29, 1.82) is 0 Å². The van der Waals surface area contributed by atoms with E-state index >= 15 is 0 Å². The molecule has 2 atom stereocenters. The molecule has 0 aromatic rings. The average molecular weight is 197 g/mol. The standard InChI is InChI=1S/C12H23NO/c1-3-13-11-6-7-14-12(2,9-11)8-10-4-5-10/h10-11,13H,3-9H2,1-2H3. The van der Waals surface area contributed by atoms with Crippen LogP contribution < -0.4 is 5.32 Å². The molecule has 14 heavy (non-hydrogen) atoms. The summed E-state index contributed by atoms with van der Waals surface area (Å²) in [6, 6.07) is 0.692. The number of nitrogens with one attached hydrogen (secondary N) is 1. The molecule has 1 N–H and O–H groups in total. The summed E-state index contributed by atoms with van der Waals surface area (Å²) >= 11 is 0. The summed E-state index contributed by atoms with van der Waals surface area (Å²) in [5.41, 5.74) is 0.173. The van der Waals surface area contributed by atoms with Crippen molar-refractivity contribution in [3.63, 3.8) is 0 Å². The molecule has 0 amide bonds. The van der Waals surface area contributed by atoms with Crippen LogP contribution in [0.4, 0.5) is 0 Å². The Morgan fingerprint density at radius 3 is 2.79 bits per heavy atom. The topological polar surface area (TPSA) is 21.3 Å². The van der Waals surface area contributed by atoms with E-state index in [9.17, 15) is 0 Å². The van der Waals surface area contributed by atoms with E-state index in [1.54, 1.807) is 0 Å². The second-order valence-corrected chi connectivity index (χ2v) is 5.19. The van der Waals surface area contributed by atoms with Crippen LogP contribution in [-0.4, -0.2) is 24.8 Å². The molecule has 1 aliphatic heterocycles. The molecule has 0 aromatic carbocycles. The zero-order valence-corrected chi connectivity index (χ0v) is 9.51. The fraction of sp³-hybridized carbons (Fsp3) is 1.00. The Morgan fingerprint density at radius 2 is 2.14 bits per heavy atom. The SMILES string of the molecule is CCNC1CCOC(C)(CC2CC2)C1. The Bertz CT molecular complexity index is 189. The van der Waals surface area contributed by atoms with E-state index in [1.807, 2.05) is 0 Å². The fourth-order valence-corrected chi connectivity index (χ4v) is 2.67. The van der Waals surface area contributed by atoms with Gasteiger partial charge in [0.05, 0.1) is 5.60 Å². The number of hydrogen-bond donors (Lipinski definition) is 1. The van der Waals surface area contributed by atoms with Crippen LogP contribution in [0.15, 0.2) is 0 Å². The van der Waals surface area contributed by atoms with Crippen molar-refractivity contribution in [2.45, 2.75) is 57.6 Å². The van der Waals surface area contributed by atoms with Crippen LogP contribution in [0.3, 0.4) is 0 Å². The summed E-state index contributed by atoms with van der Waals surface area (Å²) < 4.78 is 5.95. The first-order valence-corrected chi connectivity index (χ1v) is 6.09. The lowest BCUT2D eigenvalue weighted by molar-refractivity contribution is -0.0836. The summed E-state index contributed by atoms with van der Waals surface area (Å²) in [4.78, 5) is 0. The third kappa shape index (κ3) is 2.71. The summed E-state index contributed by atoms with van der Waals surface area (Å²) in [5.74, 6) is 0.973. The molecule has 2 nitrogen and oxygen atoms in total. The van der Waals surface area contributed by atoms with Gasteiger partial charge in [0, 0.05) is 12.6 Å². The van der Waals surface area contributed by atoms with E-state index in [4.69, 9.17) is 4.74 Å². The van der Waals surface area contributed by atoms with Crippen LogP contribution >= 0.6 is 0 Å². The van der Waals surface area contributed by atoms with E-state index in [1.165, 1.54) is 32.1 Å². The molecule has 0 radical (unpaired) electrons. The quantitative estimate of drug-likeness (QED) is 0.747. The molecule has 1 heterocycles. The van der Waals surface area contributed by atoms with Gasteiger partial charge in [-0.25, -0.2) is 0 Å². The molecule has 0 bridgehead atoms. The minimum atomic E-state index is 0.173. The maximum absolute atomic E-state index is 5.95. The van der Waals surface area contributed by atoms with Crippen LogP contribution in [0.25, 0.3) is 0 Å². The van der Waals surface area contributed by atoms with Crippen molar-refractivity contribution in [2.75, 3.05) is 13.2 Å². The molecule has 82 valence electrons. The average Bonchev–Trinajstić information content (AvgIpc) is 2.88. The van der Waals surface area contributed by atoms with Crippen molar-refractivity contribution >= 4 is 0 Å². The molecule has 2 aliphatic rings. The lowest BCUT2D eigenvalue weighted by Crippen LogP contribution is -2.45. The van der Waals surface area contributed by atoms with E-state index in [2.05, 4.69) is 19.2 Å². The highest BCUT2D eigenvalue weighted by atomic mass is 16.5. The minimum absolute atomic E-state index is 0.173. The summed E-state index contributed by atoms with van der Waals surface area (Å²) in [5, 5.41) is 3.55. The van der Waals surface area contributed by atoms with Crippen LogP contribution in [0.1, 0.15) is 46.0 Å². The van der Waals surface area contributed by atoms with E-state index < -0.39 is 0 Å². The van der Waals surface area contributed by atoms with Gasteiger partial charge in [0.15, 0.2) is 0 Å². The molecule has 1 saturated carbocycles. The van der Waals surface area contributed by atoms with E-state index in [0.717, 1.165) is 19.1 Å². The molecule has 2 unspecified atom stereocenters. The Kier molecular flexibility index (Phi) is 3.13. The molecule has 0 aromatic heterocycles. The van der Waals surface area contributed by atoms with Gasteiger partial charge in [-0.2, -0.15) is 0 Å². The molecule has 1 saturated heterocycles. The monoisotopic (exact) mass is 197 g/mol. The van der Waals surface area contributed by atoms with Gasteiger partial charge in [0.25, 0.3) is 0 Å². The van der Waals surface area contributed by atoms with Crippen molar-refractivity contribution < 1.29 is 4.74 Å². The normalized spacial score (nSPS) is 38.6. The smallest absolute Gasteiger partial charge is 0.0672 e. The van der Waals surface area contributed by atoms with Crippen molar-refractivity contribution in [3.05, 3.63) is 0 Å². The highest BCUT2D eigenvalue weighted by Crippen LogP contribution is 2.41. The summed E-state index contributed by atoms with van der Waals surface area (Å²) in [6.45, 7) is 6.52. The first-order chi connectivity index (χ1) is 6.72. The maximum Gasteiger partial charge on any atom is 0.0672 e. The minimum Gasteiger partial charge on any atom is -0.375 e. The third-order valence-electron chi connectivity index (χ3n) is 3.51. The predicted molar refractivity (Wildman–Crippen MR) is 58.4 cm³/mol. The van der Waals surface area contributed by atoms with E-state index in [0.29, 0.717) is 6.04 Å². The van der Waals surface area contributed by atoms with Gasteiger partial charge in [-0.15, -0.1) is 0 Å². The first kappa shape index (κ1) is 10.4. The summed E-state index contributed by atoms with van der Waals surface area (Å²) in [6.07, 6.45) is 6.55. The van der Waals surface area contributed by atoms with Crippen LogP contribution in [0.5, 0.6) is 0 Å². The van der Waals surface area contributed by atoms with Gasteiger partial charge in [-0.05, 0) is 38.6 Å². The summed E-state index contributed by atoms with van der Waals surface area (Å²) in [7, 11) is 0. The maximum atomic E-state index is 5.95. The Labute approximate surface area is 87.4 Å². The van der Waals surface area contributed by atoms with Gasteiger partial charge in [-0.1, -0.05) is 19.8 Å². The molecule has 2 rings (SSSR count). The zero-order valence-electron chi connectivity index (χ0n) is 9.51. The van der Waals surface area contributed by atoms with E-state index in [-0.39, 0.29) is 5.60 Å².